The van der Waals surface area contributed by atoms with E-state index in [0.717, 1.165) is 44.2 Å². The van der Waals surface area contributed by atoms with Crippen LogP contribution in [-0.2, 0) is 0 Å². The summed E-state index contributed by atoms with van der Waals surface area (Å²) < 4.78 is 0. The van der Waals surface area contributed by atoms with E-state index in [1.54, 1.807) is 0 Å². The number of hydrogen-bond acceptors (Lipinski definition) is 3. The van der Waals surface area contributed by atoms with Gasteiger partial charge in [-0.3, -0.25) is 0 Å². The molecule has 0 spiro atoms. The highest BCUT2D eigenvalue weighted by Gasteiger charge is 2.13. The fourth-order valence-electron chi connectivity index (χ4n) is 7.15. The minimum Gasteiger partial charge on any atom is -0.228 e. The fraction of sp³-hybridized carbons (Fsp3) is 0. The minimum atomic E-state index is 0.614. The molecule has 9 rings (SSSR count). The number of aromatic nitrogens is 2. The van der Waals surface area contributed by atoms with E-state index in [1.807, 2.05) is 54.6 Å². The van der Waals surface area contributed by atoms with Crippen LogP contribution in [0.4, 0.5) is 0 Å². The SMILES string of the molecule is N#Cc1ccc(-c2cc(-c3ccc4c5ccccc5c5ccccc5c5ccccc5c5ccccc5c4c3)nc(-c3ccccc3)n2)cc1. The Morgan fingerprint density at radius 1 is 0.320 bits per heavy atom. The Hall–Kier alpha value is -6.89. The maximum Gasteiger partial charge on any atom is 0.160 e. The van der Waals surface area contributed by atoms with E-state index in [1.165, 1.54) is 37.7 Å². The normalized spacial score (nSPS) is 11.2. The molecule has 0 amide bonds. The number of nitriles is 1. The van der Waals surface area contributed by atoms with Gasteiger partial charge in [0.1, 0.15) is 0 Å². The third-order valence-electron chi connectivity index (χ3n) is 9.54. The van der Waals surface area contributed by atoms with Gasteiger partial charge in [0.25, 0.3) is 0 Å². The number of rotatable bonds is 3. The molecule has 0 fully saturated rings. The lowest BCUT2D eigenvalue weighted by Gasteiger charge is -2.12. The van der Waals surface area contributed by atoms with Crippen LogP contribution in [-0.4, -0.2) is 9.97 Å². The van der Waals surface area contributed by atoms with Gasteiger partial charge in [0.05, 0.1) is 23.0 Å². The van der Waals surface area contributed by atoms with E-state index in [-0.39, 0.29) is 0 Å². The number of fused-ring (bicyclic) bond motifs is 10. The highest BCUT2D eigenvalue weighted by molar-refractivity contribution is 6.26. The molecule has 0 unspecified atom stereocenters. The second-order valence-corrected chi connectivity index (χ2v) is 12.5. The summed E-state index contributed by atoms with van der Waals surface area (Å²) in [6.45, 7) is 0. The molecule has 1 heterocycles. The van der Waals surface area contributed by atoms with Crippen LogP contribution >= 0.6 is 0 Å². The maximum atomic E-state index is 9.41. The van der Waals surface area contributed by atoms with Gasteiger partial charge in [-0.25, -0.2) is 9.97 Å². The molecule has 0 aliphatic heterocycles. The van der Waals surface area contributed by atoms with Crippen molar-refractivity contribution in [1.29, 1.82) is 5.26 Å². The van der Waals surface area contributed by atoms with Crippen LogP contribution in [0, 0.1) is 11.3 Å². The second kappa shape index (κ2) is 12.3. The summed E-state index contributed by atoms with van der Waals surface area (Å²) in [5.74, 6) is 0.652. The summed E-state index contributed by atoms with van der Waals surface area (Å²) >= 11 is 0. The van der Waals surface area contributed by atoms with Crippen molar-refractivity contribution in [1.82, 2.24) is 9.97 Å². The number of benzene rings is 7. The largest absolute Gasteiger partial charge is 0.228 e. The lowest BCUT2D eigenvalue weighted by molar-refractivity contribution is 1.18. The zero-order valence-corrected chi connectivity index (χ0v) is 27.1. The molecule has 0 bridgehead atoms. The summed E-state index contributed by atoms with van der Waals surface area (Å²) in [5, 5.41) is 21.3. The molecule has 50 heavy (non-hydrogen) atoms. The Morgan fingerprint density at radius 3 is 1.16 bits per heavy atom. The van der Waals surface area contributed by atoms with E-state index < -0.39 is 0 Å². The van der Waals surface area contributed by atoms with Crippen molar-refractivity contribution in [3.05, 3.63) is 181 Å². The molecular formula is C47H29N3. The molecule has 0 radical (unpaired) electrons. The molecule has 0 atom stereocenters. The van der Waals surface area contributed by atoms with Gasteiger partial charge >= 0.3 is 0 Å². The standard InChI is InChI=1S/C47H29N3/c48-30-31-22-24-32(25-23-31)45-29-46(50-47(49-45)33-12-2-1-3-13-33)34-26-27-43-41-20-9-8-18-39(41)37-16-5-4-14-35(37)36-15-6-7-17-38(36)40-19-10-11-21-42(40)44(43)28-34/h1-29H. The van der Waals surface area contributed by atoms with Gasteiger partial charge in [-0.05, 0) is 78.1 Å². The van der Waals surface area contributed by atoms with Crippen LogP contribution in [0.25, 0.3) is 87.8 Å². The van der Waals surface area contributed by atoms with Crippen molar-refractivity contribution in [3.63, 3.8) is 0 Å². The summed E-state index contributed by atoms with van der Waals surface area (Å²) in [7, 11) is 0. The van der Waals surface area contributed by atoms with Crippen LogP contribution in [0.15, 0.2) is 176 Å². The molecule has 0 aliphatic rings. The average Bonchev–Trinajstić information content (AvgIpc) is 3.20. The van der Waals surface area contributed by atoms with Crippen molar-refractivity contribution in [2.75, 3.05) is 0 Å². The van der Waals surface area contributed by atoms with Crippen LogP contribution in [0.3, 0.4) is 0 Å². The topological polar surface area (TPSA) is 49.6 Å². The van der Waals surface area contributed by atoms with E-state index in [9.17, 15) is 5.26 Å². The van der Waals surface area contributed by atoms with Crippen molar-refractivity contribution in [2.45, 2.75) is 0 Å². The van der Waals surface area contributed by atoms with Gasteiger partial charge in [-0.1, -0.05) is 152 Å². The lowest BCUT2D eigenvalue weighted by atomic mass is 9.93. The zero-order valence-electron chi connectivity index (χ0n) is 27.1. The van der Waals surface area contributed by atoms with Crippen LogP contribution in [0.1, 0.15) is 5.56 Å². The third-order valence-corrected chi connectivity index (χ3v) is 9.54. The summed E-state index contributed by atoms with van der Waals surface area (Å²) in [6, 6.07) is 63.6. The molecule has 1 aromatic heterocycles. The summed E-state index contributed by atoms with van der Waals surface area (Å²) in [6.07, 6.45) is 0. The van der Waals surface area contributed by atoms with E-state index >= 15 is 0 Å². The van der Waals surface area contributed by atoms with E-state index in [0.29, 0.717) is 11.4 Å². The fourth-order valence-corrected chi connectivity index (χ4v) is 7.15. The molecule has 3 heteroatoms. The first kappa shape index (κ1) is 29.3. The lowest BCUT2D eigenvalue weighted by Crippen LogP contribution is -1.96. The first-order valence-electron chi connectivity index (χ1n) is 16.7. The van der Waals surface area contributed by atoms with Crippen molar-refractivity contribution in [2.24, 2.45) is 0 Å². The molecular weight excluding hydrogens is 607 g/mol. The van der Waals surface area contributed by atoms with Crippen LogP contribution in [0.2, 0.25) is 0 Å². The smallest absolute Gasteiger partial charge is 0.160 e. The Labute approximate surface area is 289 Å². The Kier molecular flexibility index (Phi) is 7.19. The Morgan fingerprint density at radius 2 is 0.700 bits per heavy atom. The quantitative estimate of drug-likeness (QED) is 0.194. The first-order chi connectivity index (χ1) is 24.7. The van der Waals surface area contributed by atoms with E-state index in [4.69, 9.17) is 9.97 Å². The van der Waals surface area contributed by atoms with Gasteiger partial charge in [0.15, 0.2) is 5.82 Å². The zero-order chi connectivity index (χ0) is 33.4. The van der Waals surface area contributed by atoms with Crippen molar-refractivity contribution < 1.29 is 0 Å². The van der Waals surface area contributed by atoms with Crippen molar-refractivity contribution >= 4 is 53.9 Å². The summed E-state index contributed by atoms with van der Waals surface area (Å²) in [4.78, 5) is 10.2. The molecule has 0 N–H and O–H groups in total. The van der Waals surface area contributed by atoms with Crippen molar-refractivity contribution in [3.8, 4) is 40.0 Å². The van der Waals surface area contributed by atoms with E-state index in [2.05, 4.69) is 127 Å². The van der Waals surface area contributed by atoms with Gasteiger partial charge < -0.3 is 0 Å². The second-order valence-electron chi connectivity index (χ2n) is 12.5. The third kappa shape index (κ3) is 5.08. The number of hydrogen-bond donors (Lipinski definition) is 0. The molecule has 9 aromatic rings. The van der Waals surface area contributed by atoms with Gasteiger partial charge in [-0.2, -0.15) is 5.26 Å². The van der Waals surface area contributed by atoms with Crippen LogP contribution < -0.4 is 0 Å². The highest BCUT2D eigenvalue weighted by Crippen LogP contribution is 2.37. The first-order valence-corrected chi connectivity index (χ1v) is 16.7. The van der Waals surface area contributed by atoms with Crippen LogP contribution in [0.5, 0.6) is 0 Å². The predicted octanol–water partition coefficient (Wildman–Crippen LogP) is 12.2. The number of nitrogens with zero attached hydrogens (tertiary/aromatic N) is 3. The Balaban J connectivity index is 1.42. The predicted molar refractivity (Wildman–Crippen MR) is 208 cm³/mol. The minimum absolute atomic E-state index is 0.614. The molecule has 3 nitrogen and oxygen atoms in total. The molecule has 0 aliphatic carbocycles. The van der Waals surface area contributed by atoms with Gasteiger partial charge in [0, 0.05) is 16.7 Å². The molecule has 8 aromatic carbocycles. The molecule has 0 saturated carbocycles. The highest BCUT2D eigenvalue weighted by atomic mass is 14.9. The molecule has 0 saturated heterocycles. The average molecular weight is 636 g/mol. The Bertz CT molecular complexity index is 2790. The van der Waals surface area contributed by atoms with Gasteiger partial charge in [-0.15, -0.1) is 0 Å². The van der Waals surface area contributed by atoms with Gasteiger partial charge in [0.2, 0.25) is 0 Å². The summed E-state index contributed by atoms with van der Waals surface area (Å²) in [5.41, 5.74) is 5.11. The maximum absolute atomic E-state index is 9.41. The molecule has 232 valence electrons. The monoisotopic (exact) mass is 635 g/mol.